The fourth-order valence-electron chi connectivity index (χ4n) is 1.89. The third kappa shape index (κ3) is 8.83. The van der Waals surface area contributed by atoms with E-state index in [1.54, 1.807) is 0 Å². The van der Waals surface area contributed by atoms with Crippen molar-refractivity contribution in [3.8, 4) is 0 Å². The molecule has 0 heterocycles. The van der Waals surface area contributed by atoms with Gasteiger partial charge in [-0.3, -0.25) is 4.79 Å². The first-order chi connectivity index (χ1) is 11.0. The van der Waals surface area contributed by atoms with Gasteiger partial charge in [0.25, 0.3) is 0 Å². The molecule has 0 radical (unpaired) electrons. The molecule has 1 aromatic rings. The minimum Gasteiger partial charge on any atom is -0.465 e. The number of alkyl carbamates (subject to hydrolysis) is 1. The second-order valence-electron chi connectivity index (χ2n) is 5.60. The third-order valence-corrected chi connectivity index (χ3v) is 3.27. The lowest BCUT2D eigenvalue weighted by Crippen LogP contribution is -2.46. The minimum absolute atomic E-state index is 0.0596. The van der Waals surface area contributed by atoms with Crippen molar-refractivity contribution in [2.45, 2.75) is 33.4 Å². The van der Waals surface area contributed by atoms with E-state index in [2.05, 4.69) is 10.6 Å². The molecule has 23 heavy (non-hydrogen) atoms. The van der Waals surface area contributed by atoms with E-state index in [0.29, 0.717) is 19.7 Å². The predicted molar refractivity (Wildman–Crippen MR) is 87.9 cm³/mol. The second kappa shape index (κ2) is 10.6. The van der Waals surface area contributed by atoms with Crippen LogP contribution >= 0.6 is 0 Å². The van der Waals surface area contributed by atoms with Gasteiger partial charge in [-0.25, -0.2) is 4.79 Å². The van der Waals surface area contributed by atoms with E-state index in [0.717, 1.165) is 5.56 Å². The molecule has 0 fully saturated rings. The molecule has 0 bridgehead atoms. The van der Waals surface area contributed by atoms with Crippen LogP contribution in [0.5, 0.6) is 0 Å². The lowest BCUT2D eigenvalue weighted by molar-refractivity contribution is -0.140. The number of nitrogens with one attached hydrogen (secondary N) is 2. The lowest BCUT2D eigenvalue weighted by Gasteiger charge is -2.22. The molecule has 128 valence electrons. The van der Waals surface area contributed by atoms with Crippen molar-refractivity contribution in [1.29, 1.82) is 0 Å². The molecule has 2 N–H and O–H groups in total. The van der Waals surface area contributed by atoms with Crippen molar-refractivity contribution in [2.24, 2.45) is 5.92 Å². The number of amides is 1. The Bertz CT molecular complexity index is 477. The number of benzene rings is 1. The molecule has 0 aliphatic carbocycles. The summed E-state index contributed by atoms with van der Waals surface area (Å²) in [5.41, 5.74) is 0.947. The standard InChI is InChI=1S/C17H26N2O4/c1-13(2)16(11-18-9-10-22-14(3)20)19-17(21)23-12-15-7-5-4-6-8-15/h4-8,13,16,18H,9-12H2,1-3H3,(H,19,21). The summed E-state index contributed by atoms with van der Waals surface area (Å²) in [5, 5.41) is 6.01. The van der Waals surface area contributed by atoms with Crippen molar-refractivity contribution in [3.63, 3.8) is 0 Å². The number of hydrogen-bond donors (Lipinski definition) is 2. The van der Waals surface area contributed by atoms with Crippen LogP contribution in [0.25, 0.3) is 0 Å². The first kappa shape index (κ1) is 19.0. The van der Waals surface area contributed by atoms with Gasteiger partial charge in [-0.05, 0) is 11.5 Å². The van der Waals surface area contributed by atoms with Crippen molar-refractivity contribution in [1.82, 2.24) is 10.6 Å². The van der Waals surface area contributed by atoms with E-state index in [1.807, 2.05) is 44.2 Å². The largest absolute Gasteiger partial charge is 0.465 e. The molecule has 0 saturated heterocycles. The second-order valence-corrected chi connectivity index (χ2v) is 5.60. The van der Waals surface area contributed by atoms with Crippen molar-refractivity contribution < 1.29 is 19.1 Å². The normalized spacial score (nSPS) is 11.8. The van der Waals surface area contributed by atoms with Crippen LogP contribution in [0, 0.1) is 5.92 Å². The van der Waals surface area contributed by atoms with Gasteiger partial charge in [-0.2, -0.15) is 0 Å². The van der Waals surface area contributed by atoms with Crippen molar-refractivity contribution in [3.05, 3.63) is 35.9 Å². The molecule has 0 aliphatic rings. The van der Waals surface area contributed by atoms with Gasteiger partial charge in [0.1, 0.15) is 13.2 Å². The van der Waals surface area contributed by atoms with E-state index in [-0.39, 0.29) is 24.5 Å². The Morgan fingerprint density at radius 2 is 1.83 bits per heavy atom. The summed E-state index contributed by atoms with van der Waals surface area (Å²) in [7, 11) is 0. The molecule has 1 unspecified atom stereocenters. The number of rotatable bonds is 9. The van der Waals surface area contributed by atoms with Crippen LogP contribution in [0.1, 0.15) is 26.3 Å². The Kier molecular flexibility index (Phi) is 8.75. The summed E-state index contributed by atoms with van der Waals surface area (Å²) >= 11 is 0. The van der Waals surface area contributed by atoms with Gasteiger partial charge < -0.3 is 20.1 Å². The highest BCUT2D eigenvalue weighted by Crippen LogP contribution is 2.03. The van der Waals surface area contributed by atoms with Gasteiger partial charge in [0.05, 0.1) is 0 Å². The molecule has 1 aromatic carbocycles. The number of carbonyl (C=O) groups is 2. The van der Waals surface area contributed by atoms with Gasteiger partial charge >= 0.3 is 12.1 Å². The highest BCUT2D eigenvalue weighted by Gasteiger charge is 2.16. The lowest BCUT2D eigenvalue weighted by atomic mass is 10.0. The highest BCUT2D eigenvalue weighted by atomic mass is 16.5. The Labute approximate surface area is 137 Å². The molecule has 0 aromatic heterocycles. The van der Waals surface area contributed by atoms with Crippen LogP contribution in [0.3, 0.4) is 0 Å². The fraction of sp³-hybridized carbons (Fsp3) is 0.529. The molecular formula is C17H26N2O4. The number of esters is 1. The van der Waals surface area contributed by atoms with Crippen LogP contribution in [0.15, 0.2) is 30.3 Å². The van der Waals surface area contributed by atoms with E-state index in [4.69, 9.17) is 9.47 Å². The molecule has 1 amide bonds. The van der Waals surface area contributed by atoms with E-state index in [9.17, 15) is 9.59 Å². The average Bonchev–Trinajstić information content (AvgIpc) is 2.52. The summed E-state index contributed by atoms with van der Waals surface area (Å²) in [6, 6.07) is 9.48. The molecule has 0 saturated carbocycles. The zero-order valence-electron chi connectivity index (χ0n) is 14.0. The van der Waals surface area contributed by atoms with Gasteiger partial charge in [-0.1, -0.05) is 44.2 Å². The minimum atomic E-state index is -0.436. The summed E-state index contributed by atoms with van der Waals surface area (Å²) < 4.78 is 10.1. The summed E-state index contributed by atoms with van der Waals surface area (Å²) in [4.78, 5) is 22.5. The number of ether oxygens (including phenoxy) is 2. The molecule has 1 atom stereocenters. The first-order valence-corrected chi connectivity index (χ1v) is 7.80. The highest BCUT2D eigenvalue weighted by molar-refractivity contribution is 5.67. The van der Waals surface area contributed by atoms with E-state index >= 15 is 0 Å². The zero-order chi connectivity index (χ0) is 17.1. The Morgan fingerprint density at radius 1 is 1.13 bits per heavy atom. The molecule has 6 nitrogen and oxygen atoms in total. The van der Waals surface area contributed by atoms with Crippen LogP contribution in [0.4, 0.5) is 4.79 Å². The van der Waals surface area contributed by atoms with Gasteiger partial charge in [0, 0.05) is 26.1 Å². The Hall–Kier alpha value is -2.08. The molecule has 0 spiro atoms. The SMILES string of the molecule is CC(=O)OCCNCC(NC(=O)OCc1ccccc1)C(C)C. The van der Waals surface area contributed by atoms with Crippen LogP contribution in [0.2, 0.25) is 0 Å². The average molecular weight is 322 g/mol. The quantitative estimate of drug-likeness (QED) is 0.538. The molecule has 6 heteroatoms. The van der Waals surface area contributed by atoms with Gasteiger partial charge in [-0.15, -0.1) is 0 Å². The van der Waals surface area contributed by atoms with Crippen molar-refractivity contribution >= 4 is 12.1 Å². The number of hydrogen-bond acceptors (Lipinski definition) is 5. The molecular weight excluding hydrogens is 296 g/mol. The van der Waals surface area contributed by atoms with Gasteiger partial charge in [0.15, 0.2) is 0 Å². The Morgan fingerprint density at radius 3 is 2.43 bits per heavy atom. The van der Waals surface area contributed by atoms with Gasteiger partial charge in [0.2, 0.25) is 0 Å². The first-order valence-electron chi connectivity index (χ1n) is 7.80. The maximum Gasteiger partial charge on any atom is 0.407 e. The topological polar surface area (TPSA) is 76.7 Å². The maximum absolute atomic E-state index is 11.9. The third-order valence-electron chi connectivity index (χ3n) is 3.27. The maximum atomic E-state index is 11.9. The molecule has 0 aliphatic heterocycles. The van der Waals surface area contributed by atoms with Crippen molar-refractivity contribution in [2.75, 3.05) is 19.7 Å². The number of carbonyl (C=O) groups excluding carboxylic acids is 2. The summed E-state index contributed by atoms with van der Waals surface area (Å²) in [6.07, 6.45) is -0.436. The molecule has 1 rings (SSSR count). The van der Waals surface area contributed by atoms with Crippen LogP contribution in [-0.4, -0.2) is 37.8 Å². The smallest absolute Gasteiger partial charge is 0.407 e. The van der Waals surface area contributed by atoms with E-state index < -0.39 is 6.09 Å². The predicted octanol–water partition coefficient (Wildman–Crippen LogP) is 2.09. The van der Waals surface area contributed by atoms with Crippen LogP contribution in [-0.2, 0) is 20.9 Å². The van der Waals surface area contributed by atoms with Crippen LogP contribution < -0.4 is 10.6 Å². The zero-order valence-corrected chi connectivity index (χ0v) is 14.0. The summed E-state index contributed by atoms with van der Waals surface area (Å²) in [5.74, 6) is -0.0460. The summed E-state index contributed by atoms with van der Waals surface area (Å²) in [6.45, 7) is 7.12. The monoisotopic (exact) mass is 322 g/mol. The Balaban J connectivity index is 2.28. The van der Waals surface area contributed by atoms with E-state index in [1.165, 1.54) is 6.92 Å². The fourth-order valence-corrected chi connectivity index (χ4v) is 1.89.